The lowest BCUT2D eigenvalue weighted by molar-refractivity contribution is -0.870. The van der Waals surface area contributed by atoms with Gasteiger partial charge in [0.15, 0.2) is 6.10 Å². The average molecular weight is 934 g/mol. The summed E-state index contributed by atoms with van der Waals surface area (Å²) in [5, 5.41) is 0. The zero-order valence-electron chi connectivity index (χ0n) is 41.6. The van der Waals surface area contributed by atoms with Gasteiger partial charge in [-0.25, -0.2) is 0 Å². The molecule has 370 valence electrons. The maximum Gasteiger partial charge on any atom is 0.306 e. The standard InChI is InChI=1S/C56H88NO8P/c1-6-8-10-12-14-16-18-20-22-24-26-28-30-32-34-36-38-40-42-44-46-48-55(58)62-52-54(53-64-66(60,61)63-51-50-57(3,4)5)65-56(59)49-47-45-43-41-39-37-35-33-31-29-27-25-23-21-19-17-15-13-11-9-7-2/h8-11,14-17,20-23,26-29,32-35,38-41,54H,6-7,12-13,18-19,24-25,30-31,36-37,42-53H2,1-5H3/b10-8-,11-9-,16-14-,17-15-,22-20-,23-21-,28-26-,29-27-,34-32-,35-33-,40-38-,41-39-. The number of hydrogen-bond donors (Lipinski definition) is 0. The van der Waals surface area contributed by atoms with Crippen molar-refractivity contribution < 1.29 is 42.1 Å². The van der Waals surface area contributed by atoms with Crippen LogP contribution in [0.4, 0.5) is 0 Å². The normalized spacial score (nSPS) is 14.7. The van der Waals surface area contributed by atoms with E-state index in [2.05, 4.69) is 160 Å². The molecule has 0 saturated heterocycles. The number of esters is 2. The van der Waals surface area contributed by atoms with Crippen molar-refractivity contribution in [3.8, 4) is 0 Å². The molecule has 0 fully saturated rings. The van der Waals surface area contributed by atoms with Gasteiger partial charge in [0.2, 0.25) is 0 Å². The summed E-state index contributed by atoms with van der Waals surface area (Å²) in [7, 11) is 1.08. The summed E-state index contributed by atoms with van der Waals surface area (Å²) in [4.78, 5) is 37.7. The highest BCUT2D eigenvalue weighted by Gasteiger charge is 2.21. The fourth-order valence-electron chi connectivity index (χ4n) is 5.60. The minimum Gasteiger partial charge on any atom is -0.756 e. The highest BCUT2D eigenvalue weighted by Crippen LogP contribution is 2.38. The van der Waals surface area contributed by atoms with Gasteiger partial charge in [0.1, 0.15) is 19.8 Å². The third-order valence-corrected chi connectivity index (χ3v) is 10.3. The lowest BCUT2D eigenvalue weighted by Gasteiger charge is -2.28. The van der Waals surface area contributed by atoms with E-state index in [1.165, 1.54) is 0 Å². The molecule has 0 spiro atoms. The number of hydrogen-bond acceptors (Lipinski definition) is 8. The molecule has 0 aromatic rings. The third kappa shape index (κ3) is 49.3. The molecule has 0 N–H and O–H groups in total. The van der Waals surface area contributed by atoms with Crippen molar-refractivity contribution in [2.75, 3.05) is 47.5 Å². The van der Waals surface area contributed by atoms with Gasteiger partial charge in [-0.3, -0.25) is 14.2 Å². The van der Waals surface area contributed by atoms with Gasteiger partial charge < -0.3 is 27.9 Å². The van der Waals surface area contributed by atoms with Crippen LogP contribution in [0.3, 0.4) is 0 Å². The van der Waals surface area contributed by atoms with Gasteiger partial charge in [0.25, 0.3) is 7.82 Å². The van der Waals surface area contributed by atoms with Crippen molar-refractivity contribution in [1.82, 2.24) is 0 Å². The Bertz CT molecular complexity index is 1620. The molecule has 0 aliphatic carbocycles. The molecule has 0 amide bonds. The van der Waals surface area contributed by atoms with Crippen molar-refractivity contribution in [1.29, 1.82) is 0 Å². The summed E-state index contributed by atoms with van der Waals surface area (Å²) in [5.74, 6) is -0.954. The SMILES string of the molecule is CC/C=C\C/C=C\C/C=C\C/C=C\C/C=C\C/C=C\CCCCC(=O)OCC(COP(=O)([O-])OCC[N+](C)(C)C)OC(=O)CCCC/C=C\C/C=C\C/C=C\C/C=C\C/C=C\C/C=C\CC. The van der Waals surface area contributed by atoms with E-state index < -0.39 is 32.5 Å². The highest BCUT2D eigenvalue weighted by atomic mass is 31.2. The Morgan fingerprint density at radius 2 is 0.803 bits per heavy atom. The van der Waals surface area contributed by atoms with Gasteiger partial charge in [-0.15, -0.1) is 0 Å². The first-order valence-electron chi connectivity index (χ1n) is 24.5. The van der Waals surface area contributed by atoms with Gasteiger partial charge in [-0.1, -0.05) is 160 Å². The molecule has 0 aliphatic rings. The Balaban J connectivity index is 4.50. The number of phosphoric ester groups is 1. The molecular weight excluding hydrogens is 846 g/mol. The van der Waals surface area contributed by atoms with Gasteiger partial charge in [0, 0.05) is 12.8 Å². The number of carbonyl (C=O) groups is 2. The van der Waals surface area contributed by atoms with E-state index in [-0.39, 0.29) is 26.1 Å². The topological polar surface area (TPSA) is 111 Å². The van der Waals surface area contributed by atoms with Crippen molar-refractivity contribution in [2.24, 2.45) is 0 Å². The Hall–Kier alpha value is -4.11. The number of phosphoric acid groups is 1. The van der Waals surface area contributed by atoms with Crippen LogP contribution in [0.5, 0.6) is 0 Å². The molecule has 0 heterocycles. The maximum absolute atomic E-state index is 12.7. The van der Waals surface area contributed by atoms with Crippen molar-refractivity contribution in [2.45, 2.75) is 148 Å². The first kappa shape index (κ1) is 61.9. The molecule has 0 rings (SSSR count). The van der Waals surface area contributed by atoms with Gasteiger partial charge in [-0.2, -0.15) is 0 Å². The number of allylic oxidation sites excluding steroid dienone is 24. The van der Waals surface area contributed by atoms with Crippen LogP contribution in [0.15, 0.2) is 146 Å². The maximum atomic E-state index is 12.7. The summed E-state index contributed by atoms with van der Waals surface area (Å²) >= 11 is 0. The molecule has 0 aromatic heterocycles. The van der Waals surface area contributed by atoms with Crippen LogP contribution >= 0.6 is 7.82 Å². The first-order valence-corrected chi connectivity index (χ1v) is 26.0. The zero-order valence-corrected chi connectivity index (χ0v) is 42.5. The molecule has 0 aromatic carbocycles. The van der Waals surface area contributed by atoms with E-state index >= 15 is 0 Å². The van der Waals surface area contributed by atoms with Gasteiger partial charge >= 0.3 is 11.9 Å². The monoisotopic (exact) mass is 934 g/mol. The lowest BCUT2D eigenvalue weighted by Crippen LogP contribution is -2.37. The molecule has 0 aliphatic heterocycles. The van der Waals surface area contributed by atoms with E-state index in [1.807, 2.05) is 21.1 Å². The minimum atomic E-state index is -4.67. The smallest absolute Gasteiger partial charge is 0.306 e. The van der Waals surface area contributed by atoms with Crippen LogP contribution in [-0.2, 0) is 32.7 Å². The predicted molar refractivity (Wildman–Crippen MR) is 277 cm³/mol. The van der Waals surface area contributed by atoms with E-state index in [0.29, 0.717) is 23.9 Å². The summed E-state index contributed by atoms with van der Waals surface area (Å²) in [5.41, 5.74) is 0. The molecule has 2 unspecified atom stereocenters. The van der Waals surface area contributed by atoms with Crippen LogP contribution < -0.4 is 4.89 Å². The van der Waals surface area contributed by atoms with Crippen molar-refractivity contribution in [3.63, 3.8) is 0 Å². The minimum absolute atomic E-state index is 0.0565. The quantitative estimate of drug-likeness (QED) is 0.0196. The van der Waals surface area contributed by atoms with E-state index in [9.17, 15) is 19.0 Å². The molecule has 2 atom stereocenters. The summed E-state index contributed by atoms with van der Waals surface area (Å²) < 4.78 is 33.9. The molecule has 0 radical (unpaired) electrons. The number of rotatable bonds is 42. The van der Waals surface area contributed by atoms with Gasteiger partial charge in [0.05, 0.1) is 27.7 Å². The average Bonchev–Trinajstić information content (AvgIpc) is 3.27. The number of quaternary nitrogens is 1. The predicted octanol–water partition coefficient (Wildman–Crippen LogP) is 14.2. The Kier molecular flexibility index (Phi) is 43.2. The zero-order chi connectivity index (χ0) is 48.5. The number of carbonyl (C=O) groups excluding carboxylic acids is 2. The first-order chi connectivity index (χ1) is 32.0. The number of unbranched alkanes of at least 4 members (excludes halogenated alkanes) is 4. The number of nitrogens with zero attached hydrogens (tertiary/aromatic N) is 1. The van der Waals surface area contributed by atoms with Crippen molar-refractivity contribution in [3.05, 3.63) is 146 Å². The molecule has 0 bridgehead atoms. The van der Waals surface area contributed by atoms with Crippen LogP contribution in [0.2, 0.25) is 0 Å². The Morgan fingerprint density at radius 1 is 0.470 bits per heavy atom. The summed E-state index contributed by atoms with van der Waals surface area (Å²) in [6.07, 6.45) is 67.4. The van der Waals surface area contributed by atoms with E-state index in [4.69, 9.17) is 18.5 Å². The van der Waals surface area contributed by atoms with E-state index in [0.717, 1.165) is 103 Å². The molecule has 10 heteroatoms. The van der Waals surface area contributed by atoms with Crippen LogP contribution in [0.25, 0.3) is 0 Å². The summed E-state index contributed by atoms with van der Waals surface area (Å²) in [6.45, 7) is 3.86. The third-order valence-electron chi connectivity index (χ3n) is 9.35. The number of ether oxygens (including phenoxy) is 2. The fraction of sp³-hybridized carbons (Fsp3) is 0.536. The largest absolute Gasteiger partial charge is 0.756 e. The second-order valence-electron chi connectivity index (χ2n) is 16.7. The van der Waals surface area contributed by atoms with Crippen LogP contribution in [0, 0.1) is 0 Å². The highest BCUT2D eigenvalue weighted by molar-refractivity contribution is 7.45. The van der Waals surface area contributed by atoms with Crippen LogP contribution in [-0.4, -0.2) is 70.0 Å². The van der Waals surface area contributed by atoms with Crippen LogP contribution in [0.1, 0.15) is 142 Å². The second kappa shape index (κ2) is 46.0. The Labute approximate surface area is 402 Å². The summed E-state index contributed by atoms with van der Waals surface area (Å²) in [6, 6.07) is 0. The Morgan fingerprint density at radius 3 is 1.15 bits per heavy atom. The molecule has 66 heavy (non-hydrogen) atoms. The molecule has 0 saturated carbocycles. The van der Waals surface area contributed by atoms with Crippen molar-refractivity contribution >= 4 is 19.8 Å². The molecular formula is C56H88NO8P. The van der Waals surface area contributed by atoms with Gasteiger partial charge in [-0.05, 0) is 116 Å². The molecule has 9 nitrogen and oxygen atoms in total. The number of likely N-dealkylation sites (N-methyl/N-ethyl adjacent to an activating group) is 1. The van der Waals surface area contributed by atoms with E-state index in [1.54, 1.807) is 0 Å². The second-order valence-corrected chi connectivity index (χ2v) is 18.1. The fourth-order valence-corrected chi connectivity index (χ4v) is 6.33. The lowest BCUT2D eigenvalue weighted by atomic mass is 10.1.